The minimum absolute atomic E-state index is 0.166. The molecule has 0 bridgehead atoms. The second-order valence-corrected chi connectivity index (χ2v) is 7.05. The van der Waals surface area contributed by atoms with Crippen LogP contribution in [0.4, 0.5) is 16.2 Å². The van der Waals surface area contributed by atoms with Crippen LogP contribution >= 0.6 is 0 Å². The molecule has 0 radical (unpaired) electrons. The van der Waals surface area contributed by atoms with Crippen molar-refractivity contribution in [2.45, 2.75) is 38.8 Å². The first-order chi connectivity index (χ1) is 11.4. The van der Waals surface area contributed by atoms with E-state index in [2.05, 4.69) is 17.4 Å². The molecule has 0 saturated carbocycles. The smallest absolute Gasteiger partial charge is 0.414 e. The number of carbonyl (C=O) groups is 1. The number of rotatable bonds is 1. The Labute approximate surface area is 143 Å². The fraction of sp³-hybridized carbons (Fsp3) is 0.350. The summed E-state index contributed by atoms with van der Waals surface area (Å²) in [7, 11) is 0. The third-order valence-corrected chi connectivity index (χ3v) is 3.98. The van der Waals surface area contributed by atoms with E-state index in [1.54, 1.807) is 4.90 Å². The first kappa shape index (κ1) is 16.4. The summed E-state index contributed by atoms with van der Waals surface area (Å²) >= 11 is 0. The Morgan fingerprint density at radius 3 is 2.46 bits per heavy atom. The molecule has 0 spiro atoms. The van der Waals surface area contributed by atoms with Crippen molar-refractivity contribution in [2.75, 3.05) is 16.8 Å². The fourth-order valence-electron chi connectivity index (χ4n) is 2.91. The first-order valence-corrected chi connectivity index (χ1v) is 8.35. The molecule has 0 saturated heterocycles. The van der Waals surface area contributed by atoms with E-state index in [1.807, 2.05) is 63.2 Å². The highest BCUT2D eigenvalue weighted by Gasteiger charge is 2.28. The standard InChI is InChI=1S/C20H24N2O2/c1-20(2,3)24-19(23)22-14-13-16(15-9-5-4-6-10-15)21-17-11-7-8-12-18(17)22/h4-12,16,21H,13-14H2,1-3H3/t16-/m0/s1. The summed E-state index contributed by atoms with van der Waals surface area (Å²) in [6, 6.07) is 18.4. The van der Waals surface area contributed by atoms with Gasteiger partial charge in [0.2, 0.25) is 0 Å². The number of carbonyl (C=O) groups excluding carboxylic acids is 1. The van der Waals surface area contributed by atoms with E-state index in [4.69, 9.17) is 4.74 Å². The van der Waals surface area contributed by atoms with Gasteiger partial charge in [0.05, 0.1) is 17.4 Å². The van der Waals surface area contributed by atoms with Crippen LogP contribution in [0.5, 0.6) is 0 Å². The van der Waals surface area contributed by atoms with Crippen LogP contribution in [0.1, 0.15) is 38.8 Å². The zero-order valence-electron chi connectivity index (χ0n) is 14.5. The van der Waals surface area contributed by atoms with Gasteiger partial charge in [0, 0.05) is 6.54 Å². The molecule has 1 amide bonds. The van der Waals surface area contributed by atoms with E-state index in [-0.39, 0.29) is 12.1 Å². The highest BCUT2D eigenvalue weighted by atomic mass is 16.6. The summed E-state index contributed by atoms with van der Waals surface area (Å²) in [5.41, 5.74) is 2.53. The number of hydrogen-bond donors (Lipinski definition) is 1. The number of fused-ring (bicyclic) bond motifs is 1. The zero-order valence-corrected chi connectivity index (χ0v) is 14.5. The van der Waals surface area contributed by atoms with Crippen LogP contribution < -0.4 is 10.2 Å². The Hall–Kier alpha value is -2.49. The van der Waals surface area contributed by atoms with Gasteiger partial charge < -0.3 is 10.1 Å². The van der Waals surface area contributed by atoms with Crippen LogP contribution in [-0.4, -0.2) is 18.2 Å². The van der Waals surface area contributed by atoms with Gasteiger partial charge in [-0.2, -0.15) is 0 Å². The van der Waals surface area contributed by atoms with Crippen molar-refractivity contribution >= 4 is 17.5 Å². The third-order valence-electron chi connectivity index (χ3n) is 3.98. The first-order valence-electron chi connectivity index (χ1n) is 8.35. The molecule has 126 valence electrons. The van der Waals surface area contributed by atoms with E-state index in [9.17, 15) is 4.79 Å². The van der Waals surface area contributed by atoms with Gasteiger partial charge >= 0.3 is 6.09 Å². The van der Waals surface area contributed by atoms with Gasteiger partial charge in [0.15, 0.2) is 0 Å². The molecular formula is C20H24N2O2. The molecule has 24 heavy (non-hydrogen) atoms. The Bertz CT molecular complexity index is 707. The van der Waals surface area contributed by atoms with Crippen LogP contribution in [-0.2, 0) is 4.74 Å². The molecule has 0 unspecified atom stereocenters. The van der Waals surface area contributed by atoms with Crippen LogP contribution in [0.15, 0.2) is 54.6 Å². The lowest BCUT2D eigenvalue weighted by atomic mass is 10.0. The lowest BCUT2D eigenvalue weighted by Gasteiger charge is -2.27. The highest BCUT2D eigenvalue weighted by molar-refractivity contribution is 5.92. The van der Waals surface area contributed by atoms with Gasteiger partial charge in [-0.3, -0.25) is 4.90 Å². The summed E-state index contributed by atoms with van der Waals surface area (Å²) in [5, 5.41) is 3.57. The summed E-state index contributed by atoms with van der Waals surface area (Å²) in [6.07, 6.45) is 0.517. The van der Waals surface area contributed by atoms with Gasteiger partial charge in [0.25, 0.3) is 0 Å². The number of ether oxygens (including phenoxy) is 1. The van der Waals surface area contributed by atoms with Crippen LogP contribution in [0, 0.1) is 0 Å². The van der Waals surface area contributed by atoms with Crippen molar-refractivity contribution in [3.63, 3.8) is 0 Å². The van der Waals surface area contributed by atoms with Gasteiger partial charge in [-0.1, -0.05) is 42.5 Å². The minimum atomic E-state index is -0.509. The molecule has 1 N–H and O–H groups in total. The predicted molar refractivity (Wildman–Crippen MR) is 97.4 cm³/mol. The van der Waals surface area contributed by atoms with Crippen molar-refractivity contribution in [3.05, 3.63) is 60.2 Å². The average Bonchev–Trinajstić information content (AvgIpc) is 2.73. The number of benzene rings is 2. The molecule has 0 fully saturated rings. The van der Waals surface area contributed by atoms with Gasteiger partial charge in [-0.05, 0) is 44.9 Å². The SMILES string of the molecule is CC(C)(C)OC(=O)N1CC[C@@H](c2ccccc2)Nc2ccccc21. The topological polar surface area (TPSA) is 41.6 Å². The van der Waals surface area contributed by atoms with E-state index >= 15 is 0 Å². The largest absolute Gasteiger partial charge is 0.443 e. The number of hydrogen-bond acceptors (Lipinski definition) is 3. The summed E-state index contributed by atoms with van der Waals surface area (Å²) < 4.78 is 5.59. The fourth-order valence-corrected chi connectivity index (χ4v) is 2.91. The molecule has 4 nitrogen and oxygen atoms in total. The maximum Gasteiger partial charge on any atom is 0.414 e. The number of para-hydroxylation sites is 2. The Morgan fingerprint density at radius 2 is 1.75 bits per heavy atom. The average molecular weight is 324 g/mol. The minimum Gasteiger partial charge on any atom is -0.443 e. The zero-order chi connectivity index (χ0) is 17.2. The van der Waals surface area contributed by atoms with Crippen molar-refractivity contribution in [1.29, 1.82) is 0 Å². The molecule has 3 rings (SSSR count). The summed E-state index contributed by atoms with van der Waals surface area (Å²) in [6.45, 7) is 6.28. The molecule has 2 aromatic carbocycles. The molecule has 1 atom stereocenters. The van der Waals surface area contributed by atoms with Gasteiger partial charge in [0.1, 0.15) is 5.60 Å². The molecule has 1 aliphatic heterocycles. The number of amides is 1. The van der Waals surface area contributed by atoms with Crippen LogP contribution in [0.25, 0.3) is 0 Å². The monoisotopic (exact) mass is 324 g/mol. The molecule has 1 aliphatic rings. The van der Waals surface area contributed by atoms with E-state index in [0.29, 0.717) is 6.54 Å². The molecule has 2 aromatic rings. The Kier molecular flexibility index (Phi) is 4.47. The Morgan fingerprint density at radius 1 is 1.08 bits per heavy atom. The van der Waals surface area contributed by atoms with Crippen LogP contribution in [0.2, 0.25) is 0 Å². The molecule has 4 heteroatoms. The van der Waals surface area contributed by atoms with Crippen molar-refractivity contribution in [2.24, 2.45) is 0 Å². The predicted octanol–water partition coefficient (Wildman–Crippen LogP) is 4.99. The second kappa shape index (κ2) is 6.56. The summed E-state index contributed by atoms with van der Waals surface area (Å²) in [4.78, 5) is 14.4. The maximum absolute atomic E-state index is 12.6. The lowest BCUT2D eigenvalue weighted by molar-refractivity contribution is 0.0580. The van der Waals surface area contributed by atoms with Crippen molar-refractivity contribution in [3.8, 4) is 0 Å². The quantitative estimate of drug-likeness (QED) is 0.804. The van der Waals surface area contributed by atoms with E-state index < -0.39 is 5.60 Å². The maximum atomic E-state index is 12.6. The van der Waals surface area contributed by atoms with E-state index in [1.165, 1.54) is 5.56 Å². The van der Waals surface area contributed by atoms with Gasteiger partial charge in [-0.25, -0.2) is 4.79 Å². The normalized spacial score (nSPS) is 17.5. The summed E-state index contributed by atoms with van der Waals surface area (Å²) in [5.74, 6) is 0. The van der Waals surface area contributed by atoms with Crippen molar-refractivity contribution < 1.29 is 9.53 Å². The lowest BCUT2D eigenvalue weighted by Crippen LogP contribution is -2.37. The number of nitrogens with zero attached hydrogens (tertiary/aromatic N) is 1. The molecule has 0 aromatic heterocycles. The highest BCUT2D eigenvalue weighted by Crippen LogP contribution is 2.35. The number of anilines is 2. The second-order valence-electron chi connectivity index (χ2n) is 7.05. The molecule has 1 heterocycles. The van der Waals surface area contributed by atoms with Crippen LogP contribution in [0.3, 0.4) is 0 Å². The number of nitrogens with one attached hydrogen (secondary N) is 1. The molecular weight excluding hydrogens is 300 g/mol. The molecule has 0 aliphatic carbocycles. The Balaban J connectivity index is 1.90. The van der Waals surface area contributed by atoms with E-state index in [0.717, 1.165) is 17.8 Å². The van der Waals surface area contributed by atoms with Gasteiger partial charge in [-0.15, -0.1) is 0 Å². The third kappa shape index (κ3) is 3.70. The van der Waals surface area contributed by atoms with Crippen molar-refractivity contribution in [1.82, 2.24) is 0 Å².